The quantitative estimate of drug-likeness (QED) is 0.799. The molecule has 0 aliphatic rings. The lowest BCUT2D eigenvalue weighted by atomic mass is 10.3. The lowest BCUT2D eigenvalue weighted by molar-refractivity contribution is 0.0517. The second kappa shape index (κ2) is 6.47. The third kappa shape index (κ3) is 3.56. The third-order valence-electron chi connectivity index (χ3n) is 2.45. The molecule has 0 radical (unpaired) electrons. The minimum absolute atomic E-state index is 0.0807. The summed E-state index contributed by atoms with van der Waals surface area (Å²) in [7, 11) is 0. The number of carbonyl (C=O) groups is 1. The highest BCUT2D eigenvalue weighted by Gasteiger charge is 2.17. The van der Waals surface area contributed by atoms with Gasteiger partial charge in [-0.15, -0.1) is 0 Å². The zero-order valence-electron chi connectivity index (χ0n) is 10.8. The van der Waals surface area contributed by atoms with E-state index in [0.717, 1.165) is 10.7 Å². The Morgan fingerprint density at radius 3 is 2.38 bits per heavy atom. The summed E-state index contributed by atoms with van der Waals surface area (Å²) in [5.41, 5.74) is -0.361. The summed E-state index contributed by atoms with van der Waals surface area (Å²) in [6.07, 6.45) is 0. The molecule has 8 heteroatoms. The molecule has 1 aromatic heterocycles. The van der Waals surface area contributed by atoms with Crippen molar-refractivity contribution in [3.63, 3.8) is 0 Å². The van der Waals surface area contributed by atoms with Crippen molar-refractivity contribution in [1.82, 2.24) is 9.78 Å². The van der Waals surface area contributed by atoms with Gasteiger partial charge in [0.2, 0.25) is 0 Å². The summed E-state index contributed by atoms with van der Waals surface area (Å²) in [5, 5.41) is 4.51. The predicted molar refractivity (Wildman–Crippen MR) is 80.8 cm³/mol. The average Bonchev–Trinajstić information content (AvgIpc) is 2.37. The molecule has 1 aromatic carbocycles. The van der Waals surface area contributed by atoms with Gasteiger partial charge in [-0.25, -0.2) is 4.79 Å². The van der Waals surface area contributed by atoms with Crippen LogP contribution in [0.25, 0.3) is 5.69 Å². The molecule has 5 nitrogen and oxygen atoms in total. The number of hydrogen-bond acceptors (Lipinski definition) is 4. The molecule has 0 atom stereocenters. The molecule has 110 valence electrons. The number of rotatable bonds is 3. The lowest BCUT2D eigenvalue weighted by Crippen LogP contribution is -2.24. The molecule has 0 spiro atoms. The fraction of sp³-hybridized carbons (Fsp3) is 0.154. The number of ether oxygens (including phenoxy) is 1. The van der Waals surface area contributed by atoms with Crippen LogP contribution in [0.4, 0.5) is 0 Å². The van der Waals surface area contributed by atoms with Crippen LogP contribution in [0, 0.1) is 0 Å². The Morgan fingerprint density at radius 2 is 1.81 bits per heavy atom. The number of esters is 1. The Balaban J connectivity index is 2.61. The maximum Gasteiger partial charge on any atom is 0.360 e. The maximum atomic E-state index is 12.0. The van der Waals surface area contributed by atoms with Gasteiger partial charge in [0.25, 0.3) is 5.56 Å². The van der Waals surface area contributed by atoms with Gasteiger partial charge in [-0.05, 0) is 25.1 Å². The number of nitrogens with zero attached hydrogens (tertiary/aromatic N) is 2. The second-order valence-corrected chi connectivity index (χ2v) is 5.22. The first-order valence-electron chi connectivity index (χ1n) is 5.86. The number of benzene rings is 1. The van der Waals surface area contributed by atoms with Crippen LogP contribution in [0.15, 0.2) is 29.1 Å². The second-order valence-electron chi connectivity index (χ2n) is 3.94. The van der Waals surface area contributed by atoms with E-state index in [-0.39, 0.29) is 17.3 Å². The molecule has 0 aliphatic heterocycles. The summed E-state index contributed by atoms with van der Waals surface area (Å²) in [5.74, 6) is -0.718. The molecule has 0 fully saturated rings. The molecular weight excluding hydrogens is 339 g/mol. The number of halogens is 3. The predicted octanol–water partition coefficient (Wildman–Crippen LogP) is 3.37. The summed E-state index contributed by atoms with van der Waals surface area (Å²) >= 11 is 17.6. The van der Waals surface area contributed by atoms with E-state index in [1.54, 1.807) is 6.92 Å². The van der Waals surface area contributed by atoms with Crippen LogP contribution < -0.4 is 5.56 Å². The Bertz CT molecular complexity index is 739. The minimum atomic E-state index is -0.718. The molecule has 0 amide bonds. The monoisotopic (exact) mass is 346 g/mol. The highest BCUT2D eigenvalue weighted by atomic mass is 35.5. The van der Waals surface area contributed by atoms with Crippen LogP contribution in [0.5, 0.6) is 0 Å². The van der Waals surface area contributed by atoms with Crippen molar-refractivity contribution in [1.29, 1.82) is 0 Å². The normalized spacial score (nSPS) is 10.5. The van der Waals surface area contributed by atoms with Crippen molar-refractivity contribution in [2.45, 2.75) is 6.92 Å². The largest absolute Gasteiger partial charge is 0.461 e. The summed E-state index contributed by atoms with van der Waals surface area (Å²) in [6, 6.07) is 5.57. The molecule has 1 heterocycles. The van der Waals surface area contributed by atoms with Gasteiger partial charge in [0.1, 0.15) is 0 Å². The topological polar surface area (TPSA) is 61.2 Å². The van der Waals surface area contributed by atoms with Gasteiger partial charge in [0, 0.05) is 16.1 Å². The molecule has 21 heavy (non-hydrogen) atoms. The molecular formula is C13H9Cl3N2O3. The van der Waals surface area contributed by atoms with Crippen LogP contribution in [-0.4, -0.2) is 22.4 Å². The fourth-order valence-corrected chi connectivity index (χ4v) is 2.34. The zero-order chi connectivity index (χ0) is 15.6. The van der Waals surface area contributed by atoms with E-state index in [2.05, 4.69) is 5.10 Å². The Labute approximate surface area is 135 Å². The van der Waals surface area contributed by atoms with Crippen molar-refractivity contribution in [3.05, 3.63) is 55.4 Å². The van der Waals surface area contributed by atoms with Crippen molar-refractivity contribution >= 4 is 40.8 Å². The molecule has 0 saturated heterocycles. The first-order chi connectivity index (χ1) is 9.92. The van der Waals surface area contributed by atoms with E-state index in [4.69, 9.17) is 39.5 Å². The van der Waals surface area contributed by atoms with Gasteiger partial charge < -0.3 is 4.74 Å². The summed E-state index contributed by atoms with van der Waals surface area (Å²) in [6.45, 7) is 1.82. The molecule has 0 N–H and O–H groups in total. The highest BCUT2D eigenvalue weighted by molar-refractivity contribution is 6.35. The first kappa shape index (κ1) is 15.8. The van der Waals surface area contributed by atoms with Gasteiger partial charge in [0.15, 0.2) is 5.69 Å². The fourth-order valence-electron chi connectivity index (χ4n) is 1.62. The Morgan fingerprint density at radius 1 is 1.19 bits per heavy atom. The SMILES string of the molecule is CCOC(=O)c1nn(-c2cc(Cl)cc(Cl)c2)c(=O)cc1Cl. The number of hydrogen-bond donors (Lipinski definition) is 0. The van der Waals surface area contributed by atoms with E-state index in [1.807, 2.05) is 0 Å². The highest BCUT2D eigenvalue weighted by Crippen LogP contribution is 2.21. The molecule has 0 bridgehead atoms. The zero-order valence-corrected chi connectivity index (χ0v) is 13.0. The van der Waals surface area contributed by atoms with Gasteiger partial charge >= 0.3 is 5.97 Å². The first-order valence-corrected chi connectivity index (χ1v) is 6.99. The molecule has 0 saturated carbocycles. The van der Waals surface area contributed by atoms with Gasteiger partial charge in [-0.2, -0.15) is 9.78 Å². The van der Waals surface area contributed by atoms with E-state index >= 15 is 0 Å². The van der Waals surface area contributed by atoms with Gasteiger partial charge in [0.05, 0.1) is 17.3 Å². The number of aromatic nitrogens is 2. The van der Waals surface area contributed by atoms with Crippen LogP contribution >= 0.6 is 34.8 Å². The molecule has 2 aromatic rings. The maximum absolute atomic E-state index is 12.0. The van der Waals surface area contributed by atoms with Crippen molar-refractivity contribution in [2.24, 2.45) is 0 Å². The lowest BCUT2D eigenvalue weighted by Gasteiger charge is -2.09. The minimum Gasteiger partial charge on any atom is -0.461 e. The van der Waals surface area contributed by atoms with E-state index < -0.39 is 11.5 Å². The summed E-state index contributed by atoms with van der Waals surface area (Å²) in [4.78, 5) is 23.7. The van der Waals surface area contributed by atoms with Crippen molar-refractivity contribution < 1.29 is 9.53 Å². The average molecular weight is 348 g/mol. The smallest absolute Gasteiger partial charge is 0.360 e. The van der Waals surface area contributed by atoms with E-state index in [0.29, 0.717) is 15.7 Å². The van der Waals surface area contributed by atoms with Crippen LogP contribution in [0.3, 0.4) is 0 Å². The summed E-state index contributed by atoms with van der Waals surface area (Å²) < 4.78 is 5.82. The van der Waals surface area contributed by atoms with E-state index in [9.17, 15) is 9.59 Å². The third-order valence-corrected chi connectivity index (χ3v) is 3.17. The van der Waals surface area contributed by atoms with Crippen LogP contribution in [0.2, 0.25) is 15.1 Å². The van der Waals surface area contributed by atoms with Crippen LogP contribution in [-0.2, 0) is 4.74 Å². The Hall–Kier alpha value is -1.56. The Kier molecular flexibility index (Phi) is 4.88. The van der Waals surface area contributed by atoms with Crippen LogP contribution in [0.1, 0.15) is 17.4 Å². The molecule has 2 rings (SSSR count). The standard InChI is InChI=1S/C13H9Cl3N2O3/c1-2-21-13(20)12-10(16)6-11(19)18(17-12)9-4-7(14)3-8(15)5-9/h3-6H,2H2,1H3. The van der Waals surface area contributed by atoms with Gasteiger partial charge in [-0.3, -0.25) is 4.79 Å². The van der Waals surface area contributed by atoms with Gasteiger partial charge in [-0.1, -0.05) is 34.8 Å². The van der Waals surface area contributed by atoms with Crippen molar-refractivity contribution in [2.75, 3.05) is 6.61 Å². The number of carbonyl (C=O) groups excluding carboxylic acids is 1. The van der Waals surface area contributed by atoms with E-state index in [1.165, 1.54) is 18.2 Å². The van der Waals surface area contributed by atoms with Crippen molar-refractivity contribution in [3.8, 4) is 5.69 Å². The molecule has 0 aliphatic carbocycles. The molecule has 0 unspecified atom stereocenters.